The SMILES string of the molecule is Cc1ccccc1CCn1cccc1C(=O)O. The molecule has 2 rings (SSSR count). The molecule has 1 aromatic heterocycles. The fourth-order valence-electron chi connectivity index (χ4n) is 1.93. The van der Waals surface area contributed by atoms with Gasteiger partial charge in [-0.1, -0.05) is 24.3 Å². The second-order valence-corrected chi connectivity index (χ2v) is 4.07. The van der Waals surface area contributed by atoms with Crippen molar-refractivity contribution in [2.75, 3.05) is 0 Å². The van der Waals surface area contributed by atoms with Crippen molar-refractivity contribution in [3.63, 3.8) is 0 Å². The van der Waals surface area contributed by atoms with Gasteiger partial charge in [-0.25, -0.2) is 4.79 Å². The normalized spacial score (nSPS) is 10.4. The Labute approximate surface area is 100 Å². The maximum atomic E-state index is 10.9. The van der Waals surface area contributed by atoms with E-state index in [1.54, 1.807) is 16.7 Å². The Morgan fingerprint density at radius 3 is 2.71 bits per heavy atom. The topological polar surface area (TPSA) is 42.2 Å². The lowest BCUT2D eigenvalue weighted by atomic mass is 10.1. The molecule has 0 atom stereocenters. The van der Waals surface area contributed by atoms with E-state index in [1.165, 1.54) is 11.1 Å². The summed E-state index contributed by atoms with van der Waals surface area (Å²) < 4.78 is 1.77. The maximum absolute atomic E-state index is 10.9. The molecule has 0 aliphatic heterocycles. The van der Waals surface area contributed by atoms with Crippen molar-refractivity contribution < 1.29 is 9.90 Å². The van der Waals surface area contributed by atoms with Crippen LogP contribution in [-0.2, 0) is 13.0 Å². The van der Waals surface area contributed by atoms with Gasteiger partial charge in [0.2, 0.25) is 0 Å². The predicted octanol–water partition coefficient (Wildman–Crippen LogP) is 2.74. The van der Waals surface area contributed by atoms with Crippen LogP contribution in [0.15, 0.2) is 42.6 Å². The van der Waals surface area contributed by atoms with Crippen LogP contribution >= 0.6 is 0 Å². The number of aromatic nitrogens is 1. The zero-order chi connectivity index (χ0) is 12.3. The van der Waals surface area contributed by atoms with Gasteiger partial charge in [-0.05, 0) is 36.6 Å². The minimum Gasteiger partial charge on any atom is -0.477 e. The first-order valence-electron chi connectivity index (χ1n) is 5.61. The Morgan fingerprint density at radius 2 is 2.00 bits per heavy atom. The summed E-state index contributed by atoms with van der Waals surface area (Å²) >= 11 is 0. The van der Waals surface area contributed by atoms with Crippen LogP contribution in [0.5, 0.6) is 0 Å². The monoisotopic (exact) mass is 229 g/mol. The van der Waals surface area contributed by atoms with Crippen molar-refractivity contribution >= 4 is 5.97 Å². The molecule has 0 unspecified atom stereocenters. The highest BCUT2D eigenvalue weighted by molar-refractivity contribution is 5.85. The van der Waals surface area contributed by atoms with Crippen LogP contribution in [0.1, 0.15) is 21.6 Å². The van der Waals surface area contributed by atoms with E-state index in [2.05, 4.69) is 19.1 Å². The van der Waals surface area contributed by atoms with Crippen molar-refractivity contribution in [2.24, 2.45) is 0 Å². The van der Waals surface area contributed by atoms with E-state index in [9.17, 15) is 4.79 Å². The average molecular weight is 229 g/mol. The summed E-state index contributed by atoms with van der Waals surface area (Å²) in [5.74, 6) is -0.875. The van der Waals surface area contributed by atoms with E-state index in [0.29, 0.717) is 12.2 Å². The van der Waals surface area contributed by atoms with Crippen LogP contribution in [0.3, 0.4) is 0 Å². The third-order valence-electron chi connectivity index (χ3n) is 2.93. The Kier molecular flexibility index (Phi) is 3.28. The molecule has 0 aliphatic carbocycles. The quantitative estimate of drug-likeness (QED) is 0.875. The molecule has 1 heterocycles. The molecule has 1 N–H and O–H groups in total. The Bertz CT molecular complexity index is 529. The Morgan fingerprint density at radius 1 is 1.24 bits per heavy atom. The molecule has 0 radical (unpaired) electrons. The molecule has 0 saturated heterocycles. The molecule has 0 saturated carbocycles. The number of hydrogen-bond acceptors (Lipinski definition) is 1. The van der Waals surface area contributed by atoms with Crippen LogP contribution in [0.2, 0.25) is 0 Å². The first-order valence-corrected chi connectivity index (χ1v) is 5.61. The van der Waals surface area contributed by atoms with E-state index in [4.69, 9.17) is 5.11 Å². The summed E-state index contributed by atoms with van der Waals surface area (Å²) in [6, 6.07) is 11.6. The summed E-state index contributed by atoms with van der Waals surface area (Å²) in [7, 11) is 0. The molecule has 3 nitrogen and oxygen atoms in total. The Hall–Kier alpha value is -2.03. The number of nitrogens with zero attached hydrogens (tertiary/aromatic N) is 1. The van der Waals surface area contributed by atoms with Gasteiger partial charge >= 0.3 is 5.97 Å². The van der Waals surface area contributed by atoms with Crippen molar-refractivity contribution in [1.29, 1.82) is 0 Å². The van der Waals surface area contributed by atoms with Crippen LogP contribution in [0.4, 0.5) is 0 Å². The van der Waals surface area contributed by atoms with Gasteiger partial charge in [0.1, 0.15) is 5.69 Å². The Balaban J connectivity index is 2.10. The van der Waals surface area contributed by atoms with Gasteiger partial charge in [-0.3, -0.25) is 0 Å². The van der Waals surface area contributed by atoms with Crippen LogP contribution in [-0.4, -0.2) is 15.6 Å². The molecule has 0 amide bonds. The number of benzene rings is 1. The predicted molar refractivity (Wildman–Crippen MR) is 66.3 cm³/mol. The molecule has 88 valence electrons. The molecule has 2 aromatic rings. The summed E-state index contributed by atoms with van der Waals surface area (Å²) in [6.07, 6.45) is 2.66. The van der Waals surface area contributed by atoms with Crippen LogP contribution in [0.25, 0.3) is 0 Å². The fraction of sp³-hybridized carbons (Fsp3) is 0.214. The highest BCUT2D eigenvalue weighted by Gasteiger charge is 2.08. The molecule has 1 aromatic carbocycles. The van der Waals surface area contributed by atoms with Gasteiger partial charge in [0.15, 0.2) is 0 Å². The van der Waals surface area contributed by atoms with Crippen LogP contribution < -0.4 is 0 Å². The van der Waals surface area contributed by atoms with Crippen molar-refractivity contribution in [2.45, 2.75) is 19.9 Å². The molecule has 3 heteroatoms. The number of carbonyl (C=O) groups is 1. The number of aromatic carboxylic acids is 1. The van der Waals surface area contributed by atoms with E-state index >= 15 is 0 Å². The van der Waals surface area contributed by atoms with Crippen molar-refractivity contribution in [3.8, 4) is 0 Å². The number of hydrogen-bond donors (Lipinski definition) is 1. The largest absolute Gasteiger partial charge is 0.477 e. The molecular formula is C14H15NO2. The third-order valence-corrected chi connectivity index (χ3v) is 2.93. The summed E-state index contributed by atoms with van der Waals surface area (Å²) in [5.41, 5.74) is 2.85. The lowest BCUT2D eigenvalue weighted by Gasteiger charge is -2.08. The lowest BCUT2D eigenvalue weighted by molar-refractivity contribution is 0.0685. The van der Waals surface area contributed by atoms with Gasteiger partial charge in [0.05, 0.1) is 0 Å². The smallest absolute Gasteiger partial charge is 0.352 e. The molecule has 0 fully saturated rings. The second-order valence-electron chi connectivity index (χ2n) is 4.07. The number of carboxylic acids is 1. The van der Waals surface area contributed by atoms with E-state index in [0.717, 1.165) is 6.42 Å². The van der Waals surface area contributed by atoms with Gasteiger partial charge < -0.3 is 9.67 Å². The summed E-state index contributed by atoms with van der Waals surface area (Å²) in [4.78, 5) is 10.9. The second kappa shape index (κ2) is 4.87. The van der Waals surface area contributed by atoms with E-state index in [-0.39, 0.29) is 0 Å². The minimum absolute atomic E-state index is 0.346. The lowest BCUT2D eigenvalue weighted by Crippen LogP contribution is -2.09. The van der Waals surface area contributed by atoms with Crippen molar-refractivity contribution in [3.05, 3.63) is 59.4 Å². The zero-order valence-corrected chi connectivity index (χ0v) is 9.76. The number of aryl methyl sites for hydroxylation is 3. The van der Waals surface area contributed by atoms with Gasteiger partial charge in [0.25, 0.3) is 0 Å². The minimum atomic E-state index is -0.875. The van der Waals surface area contributed by atoms with Gasteiger partial charge in [0, 0.05) is 12.7 Å². The molecular weight excluding hydrogens is 214 g/mol. The standard InChI is InChI=1S/C14H15NO2/c1-11-5-2-3-6-12(11)8-10-15-9-4-7-13(15)14(16)17/h2-7,9H,8,10H2,1H3,(H,16,17). The summed E-state index contributed by atoms with van der Waals surface area (Å²) in [5, 5.41) is 8.99. The molecule has 0 bridgehead atoms. The zero-order valence-electron chi connectivity index (χ0n) is 9.76. The van der Waals surface area contributed by atoms with Crippen molar-refractivity contribution in [1.82, 2.24) is 4.57 Å². The average Bonchev–Trinajstić information content (AvgIpc) is 2.76. The maximum Gasteiger partial charge on any atom is 0.352 e. The summed E-state index contributed by atoms with van der Waals surface area (Å²) in [6.45, 7) is 2.77. The third kappa shape index (κ3) is 2.56. The van der Waals surface area contributed by atoms with Gasteiger partial charge in [-0.2, -0.15) is 0 Å². The number of carboxylic acid groups (broad SMARTS) is 1. The fourth-order valence-corrected chi connectivity index (χ4v) is 1.93. The first kappa shape index (κ1) is 11.5. The molecule has 17 heavy (non-hydrogen) atoms. The molecule has 0 spiro atoms. The van der Waals surface area contributed by atoms with Crippen LogP contribution in [0, 0.1) is 6.92 Å². The molecule has 0 aliphatic rings. The number of rotatable bonds is 4. The van der Waals surface area contributed by atoms with Gasteiger partial charge in [-0.15, -0.1) is 0 Å². The first-order chi connectivity index (χ1) is 8.18. The highest BCUT2D eigenvalue weighted by Crippen LogP contribution is 2.10. The van der Waals surface area contributed by atoms with E-state index < -0.39 is 5.97 Å². The van der Waals surface area contributed by atoms with E-state index in [1.807, 2.05) is 18.3 Å². The highest BCUT2D eigenvalue weighted by atomic mass is 16.4.